The molecule has 62 heavy (non-hydrogen) atoms. The molecule has 0 aliphatic heterocycles. The van der Waals surface area contributed by atoms with Crippen LogP contribution in [0.5, 0.6) is 0 Å². The van der Waals surface area contributed by atoms with Crippen LogP contribution in [0.1, 0.15) is 58.2 Å². The molecular formula is C57H45F2N3. The number of rotatable bonds is 5. The zero-order valence-electron chi connectivity index (χ0n) is 35.7. The van der Waals surface area contributed by atoms with Crippen LogP contribution in [-0.2, 0) is 10.8 Å². The Morgan fingerprint density at radius 1 is 0.403 bits per heavy atom. The lowest BCUT2D eigenvalue weighted by Crippen LogP contribution is -2.10. The second-order valence-corrected chi connectivity index (χ2v) is 18.5. The largest absolute Gasteiger partial charge is 0.308 e. The fourth-order valence-corrected chi connectivity index (χ4v) is 9.14. The van der Waals surface area contributed by atoms with E-state index in [-0.39, 0.29) is 10.8 Å². The molecule has 0 saturated carbocycles. The number of nitrogens with zero attached hydrogens (tertiary/aromatic N) is 3. The van der Waals surface area contributed by atoms with Gasteiger partial charge in [-0.05, 0) is 110 Å². The van der Waals surface area contributed by atoms with Gasteiger partial charge in [0.25, 0.3) is 0 Å². The topological polar surface area (TPSA) is 33.6 Å². The third-order valence-electron chi connectivity index (χ3n) is 12.3. The van der Waals surface area contributed by atoms with Crippen LogP contribution in [0.25, 0.3) is 88.4 Å². The number of hydrogen-bond donors (Lipinski definition) is 0. The molecule has 2 aromatic heterocycles. The highest BCUT2D eigenvalue weighted by atomic mass is 19.1. The van der Waals surface area contributed by atoms with Gasteiger partial charge in [-0.1, -0.05) is 139 Å². The Labute approximate surface area is 360 Å². The molecule has 2 heterocycles. The van der Waals surface area contributed by atoms with Gasteiger partial charge in [-0.25, -0.2) is 8.78 Å². The second-order valence-electron chi connectivity index (χ2n) is 18.5. The van der Waals surface area contributed by atoms with E-state index in [1.54, 1.807) is 0 Å². The van der Waals surface area contributed by atoms with Crippen molar-refractivity contribution >= 4 is 43.6 Å². The Morgan fingerprint density at radius 3 is 1.24 bits per heavy atom. The fraction of sp³-hybridized carbons (Fsp3) is 0.140. The van der Waals surface area contributed by atoms with Gasteiger partial charge in [0.2, 0.25) is 0 Å². The molecule has 10 rings (SSSR count). The maximum atomic E-state index is 15.7. The molecule has 0 atom stereocenters. The summed E-state index contributed by atoms with van der Waals surface area (Å²) in [6.07, 6.45) is 0. The summed E-state index contributed by atoms with van der Waals surface area (Å²) < 4.78 is 35.8. The first-order chi connectivity index (χ1) is 29.8. The number of fused-ring (bicyclic) bond motifs is 6. The van der Waals surface area contributed by atoms with Gasteiger partial charge < -0.3 is 9.13 Å². The summed E-state index contributed by atoms with van der Waals surface area (Å²) in [5.74, 6) is -1.37. The first-order valence-electron chi connectivity index (χ1n) is 21.1. The molecule has 0 aliphatic carbocycles. The minimum atomic E-state index is -0.687. The average molecular weight is 810 g/mol. The average Bonchev–Trinajstić information content (AvgIpc) is 3.76. The monoisotopic (exact) mass is 809 g/mol. The molecule has 8 aromatic carbocycles. The Balaban J connectivity index is 1.39. The minimum absolute atomic E-state index is 0.118. The van der Waals surface area contributed by atoms with Crippen molar-refractivity contribution in [3.63, 3.8) is 0 Å². The molecule has 0 N–H and O–H groups in total. The van der Waals surface area contributed by atoms with Gasteiger partial charge in [0.15, 0.2) is 0 Å². The molecule has 302 valence electrons. The van der Waals surface area contributed by atoms with Crippen LogP contribution in [0.2, 0.25) is 0 Å². The standard InChI is InChI=1S/C57H45F2N3/c1-56(2,3)41-19-23-49-47(31-41)45-21-17-38(36-13-9-7-10-14-36)29-51(45)61(49)53-25-35(34-60)26-54(55(53)40-27-43(58)33-44(59)28-40)62-50-24-20-42(57(4,5)6)32-48(50)46-22-18-39(30-52(46)62)37-15-11-8-12-16-37/h7-33H,1-6H3. The molecule has 0 amide bonds. The quantitative estimate of drug-likeness (QED) is 0.170. The third-order valence-corrected chi connectivity index (χ3v) is 12.3. The highest BCUT2D eigenvalue weighted by Gasteiger charge is 2.26. The van der Waals surface area contributed by atoms with Crippen molar-refractivity contribution in [2.24, 2.45) is 0 Å². The van der Waals surface area contributed by atoms with Crippen molar-refractivity contribution in [3.05, 3.63) is 192 Å². The Morgan fingerprint density at radius 2 is 0.839 bits per heavy atom. The number of aromatic nitrogens is 2. The van der Waals surface area contributed by atoms with Crippen LogP contribution in [-0.4, -0.2) is 9.13 Å². The van der Waals surface area contributed by atoms with Crippen LogP contribution in [0.3, 0.4) is 0 Å². The number of benzene rings is 8. The van der Waals surface area contributed by atoms with Crippen molar-refractivity contribution < 1.29 is 8.78 Å². The van der Waals surface area contributed by atoms with Crippen LogP contribution in [0.15, 0.2) is 164 Å². The first kappa shape index (κ1) is 38.9. The van der Waals surface area contributed by atoms with E-state index in [1.165, 1.54) is 23.3 Å². The molecule has 0 unspecified atom stereocenters. The maximum absolute atomic E-state index is 15.7. The van der Waals surface area contributed by atoms with Gasteiger partial charge in [-0.2, -0.15) is 5.26 Å². The summed E-state index contributed by atoms with van der Waals surface area (Å²) >= 11 is 0. The zero-order chi connectivity index (χ0) is 43.1. The molecule has 5 heteroatoms. The van der Waals surface area contributed by atoms with E-state index in [0.29, 0.717) is 28.1 Å². The minimum Gasteiger partial charge on any atom is -0.308 e. The van der Waals surface area contributed by atoms with Crippen molar-refractivity contribution in [2.45, 2.75) is 52.4 Å². The summed E-state index contributed by atoms with van der Waals surface area (Å²) in [6.45, 7) is 13.2. The van der Waals surface area contributed by atoms with Gasteiger partial charge in [0.1, 0.15) is 11.6 Å². The number of halogens is 2. The van der Waals surface area contributed by atoms with E-state index in [4.69, 9.17) is 0 Å². The third kappa shape index (κ3) is 6.55. The molecular weight excluding hydrogens is 765 g/mol. The summed E-state index contributed by atoms with van der Waals surface area (Å²) in [5.41, 5.74) is 12.6. The van der Waals surface area contributed by atoms with Gasteiger partial charge in [0.05, 0.1) is 45.1 Å². The van der Waals surface area contributed by atoms with Crippen LogP contribution in [0, 0.1) is 23.0 Å². The SMILES string of the molecule is CC(C)(C)c1ccc2c(c1)c1ccc(-c3ccccc3)cc1n2-c1cc(C#N)cc(-n2c3ccc(C(C)(C)C)cc3c3ccc(-c4ccccc4)cc32)c1-c1cc(F)cc(F)c1. The van der Waals surface area contributed by atoms with E-state index < -0.39 is 11.6 Å². The predicted molar refractivity (Wildman–Crippen MR) is 253 cm³/mol. The first-order valence-corrected chi connectivity index (χ1v) is 21.1. The molecule has 0 fully saturated rings. The predicted octanol–water partition coefficient (Wildman–Crippen LogP) is 15.6. The van der Waals surface area contributed by atoms with Crippen LogP contribution >= 0.6 is 0 Å². The highest BCUT2D eigenvalue weighted by Crippen LogP contribution is 2.45. The second kappa shape index (κ2) is 14.4. The number of hydrogen-bond acceptors (Lipinski definition) is 1. The summed E-state index contributed by atoms with van der Waals surface area (Å²) in [4.78, 5) is 0. The van der Waals surface area contributed by atoms with E-state index in [2.05, 4.69) is 154 Å². The van der Waals surface area contributed by atoms with Crippen molar-refractivity contribution in [1.82, 2.24) is 9.13 Å². The Kier molecular flexibility index (Phi) is 9.05. The van der Waals surface area contributed by atoms with Crippen molar-refractivity contribution in [1.29, 1.82) is 5.26 Å². The Hall–Kier alpha value is -7.29. The molecule has 3 nitrogen and oxygen atoms in total. The molecule has 0 spiro atoms. The van der Waals surface area contributed by atoms with E-state index in [0.717, 1.165) is 71.9 Å². The lowest BCUT2D eigenvalue weighted by atomic mass is 9.86. The Bertz CT molecular complexity index is 3230. The lowest BCUT2D eigenvalue weighted by molar-refractivity contribution is 0.584. The van der Waals surface area contributed by atoms with Crippen molar-refractivity contribution in [2.75, 3.05) is 0 Å². The van der Waals surface area contributed by atoms with Gasteiger partial charge in [-0.3, -0.25) is 0 Å². The van der Waals surface area contributed by atoms with E-state index in [1.807, 2.05) is 48.5 Å². The molecule has 0 aliphatic rings. The van der Waals surface area contributed by atoms with Crippen molar-refractivity contribution in [3.8, 4) is 50.8 Å². The van der Waals surface area contributed by atoms with Crippen LogP contribution in [0.4, 0.5) is 8.78 Å². The molecule has 10 aromatic rings. The lowest BCUT2D eigenvalue weighted by Gasteiger charge is -2.22. The van der Waals surface area contributed by atoms with Gasteiger partial charge in [0, 0.05) is 33.2 Å². The van der Waals surface area contributed by atoms with Gasteiger partial charge >= 0.3 is 0 Å². The zero-order valence-corrected chi connectivity index (χ0v) is 35.7. The molecule has 0 bridgehead atoms. The smallest absolute Gasteiger partial charge is 0.126 e. The molecule has 0 radical (unpaired) electrons. The summed E-state index contributed by atoms with van der Waals surface area (Å²) in [5, 5.41) is 15.1. The fourth-order valence-electron chi connectivity index (χ4n) is 9.14. The van der Waals surface area contributed by atoms with E-state index >= 15 is 8.78 Å². The number of nitriles is 1. The summed E-state index contributed by atoms with van der Waals surface area (Å²) in [7, 11) is 0. The van der Waals surface area contributed by atoms with Crippen LogP contribution < -0.4 is 0 Å². The highest BCUT2D eigenvalue weighted by molar-refractivity contribution is 6.13. The maximum Gasteiger partial charge on any atom is 0.126 e. The normalized spacial score (nSPS) is 12.2. The molecule has 0 saturated heterocycles. The summed E-state index contributed by atoms with van der Waals surface area (Å²) in [6, 6.07) is 56.6. The van der Waals surface area contributed by atoms with E-state index in [9.17, 15) is 5.26 Å². The van der Waals surface area contributed by atoms with Gasteiger partial charge in [-0.15, -0.1) is 0 Å².